The molecule has 0 aliphatic carbocycles. The van der Waals surface area contributed by atoms with Crippen molar-refractivity contribution in [1.82, 2.24) is 19.9 Å². The molecule has 0 aliphatic heterocycles. The second-order valence-corrected chi connectivity index (χ2v) is 26.3. The van der Waals surface area contributed by atoms with Gasteiger partial charge >= 0.3 is 0 Å². The molecular formula is C88H84Cl2F2N12O2. The zero-order valence-corrected chi connectivity index (χ0v) is 61.8. The Hall–Kier alpha value is -12.2. The number of nitrogens with zero attached hydrogens (tertiary/aromatic N) is 4. The van der Waals surface area contributed by atoms with Crippen LogP contribution >= 0.6 is 23.2 Å². The van der Waals surface area contributed by atoms with E-state index in [1.807, 2.05) is 156 Å². The van der Waals surface area contributed by atoms with Crippen LogP contribution in [0.1, 0.15) is 76.4 Å². The third kappa shape index (κ3) is 19.8. The maximum Gasteiger partial charge on any atom is 0.248 e. The number of carbonyl (C=O) groups excluding carboxylic acids is 2. The van der Waals surface area contributed by atoms with Gasteiger partial charge in [0.2, 0.25) is 11.8 Å². The molecule has 4 aromatic heterocycles. The molecule has 0 atom stereocenters. The first-order chi connectivity index (χ1) is 50.7. The van der Waals surface area contributed by atoms with Crippen molar-refractivity contribution in [3.8, 4) is 0 Å². The summed E-state index contributed by atoms with van der Waals surface area (Å²) in [5.41, 5.74) is 55.8. The average molecular weight is 1450 g/mol. The normalized spacial score (nSPS) is 10.5. The van der Waals surface area contributed by atoms with Crippen molar-refractivity contribution < 1.29 is 18.4 Å². The molecule has 536 valence electrons. The molecule has 0 radical (unpaired) electrons. The summed E-state index contributed by atoms with van der Waals surface area (Å²) in [7, 11) is 0. The van der Waals surface area contributed by atoms with Gasteiger partial charge in [0.15, 0.2) is 0 Å². The molecular weight excluding hydrogens is 1370 g/mol. The van der Waals surface area contributed by atoms with Crippen LogP contribution < -0.4 is 45.9 Å². The molecule has 16 rings (SSSR count). The average Bonchev–Trinajstić information content (AvgIpc) is 0.814. The Bertz CT molecular complexity index is 5650. The summed E-state index contributed by atoms with van der Waals surface area (Å²) in [6, 6.07) is 70.2. The molecule has 0 saturated heterocycles. The molecule has 18 heteroatoms. The largest absolute Gasteiger partial charge is 0.383 e. The van der Waals surface area contributed by atoms with Gasteiger partial charge in [-0.1, -0.05) is 132 Å². The van der Waals surface area contributed by atoms with Gasteiger partial charge in [0.1, 0.15) is 34.9 Å². The summed E-state index contributed by atoms with van der Waals surface area (Å²) in [4.78, 5) is 38.2. The Balaban J connectivity index is 0.000000140. The number of pyridine rings is 4. The Morgan fingerprint density at radius 3 is 0.953 bits per heavy atom. The Morgan fingerprint density at radius 2 is 0.538 bits per heavy atom. The molecule has 4 heterocycles. The maximum absolute atomic E-state index is 13.1. The number of rotatable bonds is 4. The summed E-state index contributed by atoms with van der Waals surface area (Å²) in [6.45, 7) is 16.5. The SMILES string of the molecule is Cc1cc2c(N)nccc2cc1C(N)=O.Cc1cc2c(N)nccc2cc1CN.Cc1cc2c(N)nccc2cc1Cl.Cc1cc2c(N)nccc2cc1F.Cc1cc2ccccc2cc1C(N)=O.Cc1cc2ccccc2cc1CN.Cc1cc2ccccc2cc1Cl.Cc1cc2ccccc2cc1F. The van der Waals surface area contributed by atoms with Crippen LogP contribution in [-0.4, -0.2) is 31.8 Å². The van der Waals surface area contributed by atoms with E-state index >= 15 is 0 Å². The monoisotopic (exact) mass is 1450 g/mol. The second-order valence-electron chi connectivity index (χ2n) is 25.5. The molecule has 106 heavy (non-hydrogen) atoms. The first-order valence-corrected chi connectivity index (χ1v) is 34.6. The number of amides is 2. The Morgan fingerprint density at radius 1 is 0.302 bits per heavy atom. The summed E-state index contributed by atoms with van der Waals surface area (Å²) < 4.78 is 26.2. The standard InChI is InChI=1S/C12H11NO.C12H13N.C11H9Cl.C11H9F.C11H11N3O.C11H13N3.C10H9ClN2.C10H9FN2/c1-8-6-9-4-2-3-5-10(9)7-11(8)12(13)14;1-9-6-10-4-2-3-5-11(10)7-12(9)8-13;2*1-8-6-9-4-2-3-5-10(9)7-11(8)12;1-6-4-9-7(2-3-14-10(9)12)5-8(6)11(13)15;1-7-4-10-8(5-9(7)6-12)2-3-14-11(10)13;2*1-6-4-8-7(5-9(6)11)2-3-13-10(8)12/h2-7H,1H3,(H2,13,14);2-7H,8,13H2,1H3;2*2-7H,1H3;2-5H,1H3,(H2,12,14)(H2,13,15);2-5H,6,12H2,1H3,(H2,13,14);2*2-5H,1H3,(H2,12,13). The van der Waals surface area contributed by atoms with Crippen LogP contribution in [0.2, 0.25) is 10.0 Å². The van der Waals surface area contributed by atoms with Gasteiger partial charge in [-0.2, -0.15) is 0 Å². The Labute approximate surface area is 625 Å². The number of carbonyl (C=O) groups is 2. The number of anilines is 4. The summed E-state index contributed by atoms with van der Waals surface area (Å²) in [5.74, 6) is 0.906. The Kier molecular flexibility index (Phi) is 26.3. The number of halogens is 4. The smallest absolute Gasteiger partial charge is 0.248 e. The lowest BCUT2D eigenvalue weighted by Crippen LogP contribution is -2.12. The zero-order valence-electron chi connectivity index (χ0n) is 60.2. The van der Waals surface area contributed by atoms with Gasteiger partial charge in [-0.05, 0) is 285 Å². The molecule has 0 saturated carbocycles. The van der Waals surface area contributed by atoms with Crippen LogP contribution in [0.5, 0.6) is 0 Å². The molecule has 16 N–H and O–H groups in total. The van der Waals surface area contributed by atoms with E-state index in [-0.39, 0.29) is 17.5 Å². The predicted octanol–water partition coefficient (Wildman–Crippen LogP) is 19.8. The highest BCUT2D eigenvalue weighted by Crippen LogP contribution is 2.30. The van der Waals surface area contributed by atoms with Gasteiger partial charge < -0.3 is 45.9 Å². The number of fused-ring (bicyclic) bond motifs is 8. The van der Waals surface area contributed by atoms with E-state index in [2.05, 4.69) is 87.5 Å². The van der Waals surface area contributed by atoms with E-state index < -0.39 is 5.91 Å². The summed E-state index contributed by atoms with van der Waals surface area (Å²) in [6.07, 6.45) is 6.58. The van der Waals surface area contributed by atoms with E-state index in [1.165, 1.54) is 44.3 Å². The van der Waals surface area contributed by atoms with Crippen LogP contribution in [0.25, 0.3) is 86.2 Å². The van der Waals surface area contributed by atoms with E-state index in [4.69, 9.17) is 69.1 Å². The van der Waals surface area contributed by atoms with Gasteiger partial charge in [-0.3, -0.25) is 9.59 Å². The van der Waals surface area contributed by atoms with E-state index in [0.29, 0.717) is 58.6 Å². The third-order valence-electron chi connectivity index (χ3n) is 17.9. The van der Waals surface area contributed by atoms with Crippen LogP contribution in [0.15, 0.2) is 243 Å². The first kappa shape index (κ1) is 78.0. The fourth-order valence-electron chi connectivity index (χ4n) is 11.8. The van der Waals surface area contributed by atoms with Gasteiger partial charge in [-0.25, -0.2) is 28.7 Å². The lowest BCUT2D eigenvalue weighted by atomic mass is 10.0. The highest BCUT2D eigenvalue weighted by molar-refractivity contribution is 6.32. The first-order valence-electron chi connectivity index (χ1n) is 33.9. The zero-order chi connectivity index (χ0) is 76.5. The minimum absolute atomic E-state index is 0.131. The lowest BCUT2D eigenvalue weighted by molar-refractivity contribution is 0.0991. The van der Waals surface area contributed by atoms with Crippen molar-refractivity contribution >= 4 is 144 Å². The number of aryl methyl sites for hydroxylation is 8. The fourth-order valence-corrected chi connectivity index (χ4v) is 12.1. The van der Waals surface area contributed by atoms with Gasteiger partial charge in [-0.15, -0.1) is 0 Å². The van der Waals surface area contributed by atoms with Crippen LogP contribution in [0.3, 0.4) is 0 Å². The van der Waals surface area contributed by atoms with E-state index in [9.17, 15) is 18.4 Å². The van der Waals surface area contributed by atoms with E-state index in [1.54, 1.807) is 69.0 Å². The van der Waals surface area contributed by atoms with Crippen molar-refractivity contribution in [1.29, 1.82) is 0 Å². The molecule has 16 aromatic rings. The minimum atomic E-state index is -0.426. The van der Waals surface area contributed by atoms with Crippen molar-refractivity contribution in [2.45, 2.75) is 68.5 Å². The number of hydrogen-bond acceptors (Lipinski definition) is 12. The number of hydrogen-bond donors (Lipinski definition) is 8. The van der Waals surface area contributed by atoms with Gasteiger partial charge in [0.25, 0.3) is 0 Å². The third-order valence-corrected chi connectivity index (χ3v) is 18.7. The van der Waals surface area contributed by atoms with Crippen molar-refractivity contribution in [2.75, 3.05) is 22.9 Å². The molecule has 0 spiro atoms. The summed E-state index contributed by atoms with van der Waals surface area (Å²) >= 11 is 12.0. The van der Waals surface area contributed by atoms with Gasteiger partial charge in [0, 0.05) is 80.6 Å². The minimum Gasteiger partial charge on any atom is -0.383 e. The number of nitrogens with two attached hydrogens (primary N) is 8. The highest BCUT2D eigenvalue weighted by atomic mass is 35.5. The number of benzene rings is 12. The molecule has 0 bridgehead atoms. The van der Waals surface area contributed by atoms with Crippen molar-refractivity contribution in [3.63, 3.8) is 0 Å². The van der Waals surface area contributed by atoms with Crippen molar-refractivity contribution in [3.05, 3.63) is 332 Å². The predicted molar refractivity (Wildman–Crippen MR) is 441 cm³/mol. The molecule has 2 amide bonds. The van der Waals surface area contributed by atoms with Gasteiger partial charge in [0.05, 0.1) is 0 Å². The molecule has 0 unspecified atom stereocenters. The topological polar surface area (TPSA) is 294 Å². The number of aromatic nitrogens is 4. The van der Waals surface area contributed by atoms with Crippen LogP contribution in [0.4, 0.5) is 32.1 Å². The van der Waals surface area contributed by atoms with Crippen LogP contribution in [0, 0.1) is 67.0 Å². The second kappa shape index (κ2) is 35.8. The number of primary amides is 2. The van der Waals surface area contributed by atoms with Crippen LogP contribution in [-0.2, 0) is 13.1 Å². The quantitative estimate of drug-likeness (QED) is 0.0816. The molecule has 0 fully saturated rings. The molecule has 0 aliphatic rings. The fraction of sp³-hybridized carbons (Fsp3) is 0.114. The molecule has 14 nitrogen and oxygen atoms in total. The van der Waals surface area contributed by atoms with Crippen molar-refractivity contribution in [2.24, 2.45) is 22.9 Å². The molecule has 12 aromatic carbocycles. The number of nitrogen functional groups attached to an aromatic ring is 4. The lowest BCUT2D eigenvalue weighted by Gasteiger charge is -2.06. The van der Waals surface area contributed by atoms with E-state index in [0.717, 1.165) is 102 Å². The maximum atomic E-state index is 13.1. The summed E-state index contributed by atoms with van der Waals surface area (Å²) in [5, 5.41) is 18.3. The highest BCUT2D eigenvalue weighted by Gasteiger charge is 2.11.